The van der Waals surface area contributed by atoms with Crippen LogP contribution in [-0.4, -0.2) is 20.7 Å². The van der Waals surface area contributed by atoms with Crippen molar-refractivity contribution in [2.24, 2.45) is 5.41 Å². The normalized spacial score (nSPS) is 18.1. The van der Waals surface area contributed by atoms with Gasteiger partial charge in [0.2, 0.25) is 5.76 Å². The molecule has 0 saturated heterocycles. The number of nitrogens with zero attached hydrogens (tertiary/aromatic N) is 3. The molecule has 6 nitrogen and oxygen atoms in total. The molecule has 0 spiro atoms. The van der Waals surface area contributed by atoms with Crippen molar-refractivity contribution in [3.05, 3.63) is 65.4 Å². The monoisotopic (exact) mass is 368 g/mol. The number of nitrogens with one attached hydrogen (secondary N) is 1. The molecule has 27 heavy (non-hydrogen) atoms. The highest BCUT2D eigenvalue weighted by Gasteiger charge is 2.36. The molecule has 0 radical (unpaired) electrons. The topological polar surface area (TPSA) is 73.0 Å². The van der Waals surface area contributed by atoms with E-state index in [-0.39, 0.29) is 28.9 Å². The molecule has 1 aromatic carbocycles. The van der Waals surface area contributed by atoms with Crippen molar-refractivity contribution in [3.8, 4) is 5.69 Å². The molecule has 0 bridgehead atoms. The summed E-state index contributed by atoms with van der Waals surface area (Å²) in [4.78, 5) is 16.6. The number of carbonyl (C=O) groups is 1. The van der Waals surface area contributed by atoms with Gasteiger partial charge >= 0.3 is 0 Å². The van der Waals surface area contributed by atoms with Crippen molar-refractivity contribution < 1.29 is 13.6 Å². The average Bonchev–Trinajstić information content (AvgIpc) is 3.21. The van der Waals surface area contributed by atoms with Crippen LogP contribution < -0.4 is 5.32 Å². The Balaban J connectivity index is 1.69. The van der Waals surface area contributed by atoms with Gasteiger partial charge in [0.15, 0.2) is 6.39 Å². The van der Waals surface area contributed by atoms with Gasteiger partial charge in [-0.25, -0.2) is 14.1 Å². The van der Waals surface area contributed by atoms with Gasteiger partial charge in [0.25, 0.3) is 5.91 Å². The van der Waals surface area contributed by atoms with Crippen LogP contribution in [0.15, 0.2) is 41.3 Å². The van der Waals surface area contributed by atoms with Crippen LogP contribution in [0.1, 0.15) is 53.8 Å². The summed E-state index contributed by atoms with van der Waals surface area (Å²) in [5.41, 5.74) is 3.33. The van der Waals surface area contributed by atoms with E-state index in [4.69, 9.17) is 4.42 Å². The zero-order valence-corrected chi connectivity index (χ0v) is 15.5. The summed E-state index contributed by atoms with van der Waals surface area (Å²) in [6.45, 7) is 6.06. The SMILES string of the molecule is Cc1ncoc1C(=O)N[C@H]1CC(C)(C)Cc2c1cnn2-c1ccc(F)cc1. The molecule has 1 N–H and O–H groups in total. The summed E-state index contributed by atoms with van der Waals surface area (Å²) in [5.74, 6) is -0.341. The van der Waals surface area contributed by atoms with E-state index >= 15 is 0 Å². The van der Waals surface area contributed by atoms with Gasteiger partial charge < -0.3 is 9.73 Å². The van der Waals surface area contributed by atoms with Crippen LogP contribution in [-0.2, 0) is 6.42 Å². The Kier molecular flexibility index (Phi) is 4.09. The fourth-order valence-electron chi connectivity index (χ4n) is 3.72. The lowest BCUT2D eigenvalue weighted by Crippen LogP contribution is -2.36. The average molecular weight is 368 g/mol. The van der Waals surface area contributed by atoms with E-state index in [9.17, 15) is 9.18 Å². The predicted molar refractivity (Wildman–Crippen MR) is 97.1 cm³/mol. The largest absolute Gasteiger partial charge is 0.438 e. The Hall–Kier alpha value is -2.96. The van der Waals surface area contributed by atoms with Crippen LogP contribution in [0, 0.1) is 18.2 Å². The molecular formula is C20H21FN4O2. The van der Waals surface area contributed by atoms with Crippen LogP contribution in [0.4, 0.5) is 4.39 Å². The van der Waals surface area contributed by atoms with E-state index in [1.54, 1.807) is 25.3 Å². The van der Waals surface area contributed by atoms with Gasteiger partial charge in [-0.05, 0) is 49.4 Å². The summed E-state index contributed by atoms with van der Waals surface area (Å²) in [6, 6.07) is 6.06. The van der Waals surface area contributed by atoms with Crippen LogP contribution in [0.25, 0.3) is 5.69 Å². The second kappa shape index (κ2) is 6.33. The maximum Gasteiger partial charge on any atom is 0.289 e. The number of benzene rings is 1. The molecule has 0 unspecified atom stereocenters. The van der Waals surface area contributed by atoms with Gasteiger partial charge in [-0.3, -0.25) is 4.79 Å². The van der Waals surface area contributed by atoms with Crippen molar-refractivity contribution in [1.82, 2.24) is 20.1 Å². The first-order valence-corrected chi connectivity index (χ1v) is 8.88. The Morgan fingerprint density at radius 3 is 2.74 bits per heavy atom. The van der Waals surface area contributed by atoms with Crippen molar-refractivity contribution in [3.63, 3.8) is 0 Å². The zero-order valence-electron chi connectivity index (χ0n) is 15.5. The number of rotatable bonds is 3. The van der Waals surface area contributed by atoms with Crippen molar-refractivity contribution in [2.75, 3.05) is 0 Å². The molecule has 140 valence electrons. The minimum atomic E-state index is -0.285. The number of aryl methyl sites for hydroxylation is 1. The Morgan fingerprint density at radius 1 is 1.33 bits per heavy atom. The minimum absolute atomic E-state index is 0.0286. The Morgan fingerprint density at radius 2 is 2.07 bits per heavy atom. The minimum Gasteiger partial charge on any atom is -0.438 e. The number of hydrogen-bond donors (Lipinski definition) is 1. The number of fused-ring (bicyclic) bond motifs is 1. The molecule has 1 amide bonds. The fraction of sp³-hybridized carbons (Fsp3) is 0.350. The molecule has 0 saturated carbocycles. The van der Waals surface area contributed by atoms with Crippen molar-refractivity contribution in [1.29, 1.82) is 0 Å². The van der Waals surface area contributed by atoms with Crippen molar-refractivity contribution in [2.45, 2.75) is 39.7 Å². The molecule has 3 aromatic rings. The van der Waals surface area contributed by atoms with Crippen LogP contribution in [0.5, 0.6) is 0 Å². The highest BCUT2D eigenvalue weighted by Crippen LogP contribution is 2.41. The van der Waals surface area contributed by atoms with Gasteiger partial charge in [0.05, 0.1) is 29.3 Å². The summed E-state index contributed by atoms with van der Waals surface area (Å²) in [5, 5.41) is 7.57. The summed E-state index contributed by atoms with van der Waals surface area (Å²) < 4.78 is 20.3. The smallest absolute Gasteiger partial charge is 0.289 e. The quantitative estimate of drug-likeness (QED) is 0.764. The van der Waals surface area contributed by atoms with E-state index in [1.165, 1.54) is 18.5 Å². The standard InChI is InChI=1S/C20H21FN4O2/c1-12-18(27-11-22-12)19(26)24-16-8-20(2,3)9-17-15(16)10-23-25(17)14-6-4-13(21)5-7-14/h4-7,10-11,16H,8-9H2,1-3H3,(H,24,26)/t16-/m0/s1. The highest BCUT2D eigenvalue weighted by atomic mass is 19.1. The van der Waals surface area contributed by atoms with E-state index in [2.05, 4.69) is 29.2 Å². The lowest BCUT2D eigenvalue weighted by molar-refractivity contribution is 0.0890. The molecule has 0 fully saturated rings. The van der Waals surface area contributed by atoms with Crippen molar-refractivity contribution >= 4 is 5.91 Å². The van der Waals surface area contributed by atoms with Gasteiger partial charge in [-0.15, -0.1) is 0 Å². The van der Waals surface area contributed by atoms with E-state index < -0.39 is 0 Å². The number of halogens is 1. The molecular weight excluding hydrogens is 347 g/mol. The highest BCUT2D eigenvalue weighted by molar-refractivity contribution is 5.92. The second-order valence-electron chi connectivity index (χ2n) is 7.77. The molecule has 1 aliphatic carbocycles. The lowest BCUT2D eigenvalue weighted by atomic mass is 9.74. The number of aromatic nitrogens is 3. The van der Waals surface area contributed by atoms with Gasteiger partial charge in [-0.2, -0.15) is 5.10 Å². The van der Waals surface area contributed by atoms with Crippen LogP contribution >= 0.6 is 0 Å². The third-order valence-electron chi connectivity index (χ3n) is 5.01. The van der Waals surface area contributed by atoms with Crippen LogP contribution in [0.3, 0.4) is 0 Å². The number of hydrogen-bond acceptors (Lipinski definition) is 4. The number of carbonyl (C=O) groups excluding carboxylic acids is 1. The van der Waals surface area contributed by atoms with Crippen LogP contribution in [0.2, 0.25) is 0 Å². The molecule has 4 rings (SSSR count). The molecule has 2 aromatic heterocycles. The maximum atomic E-state index is 13.3. The molecule has 1 atom stereocenters. The van der Waals surface area contributed by atoms with Gasteiger partial charge in [-0.1, -0.05) is 13.8 Å². The molecule has 1 aliphatic rings. The first-order valence-electron chi connectivity index (χ1n) is 8.88. The Labute approximate surface area is 156 Å². The Bertz CT molecular complexity index is 988. The fourth-order valence-corrected chi connectivity index (χ4v) is 3.72. The summed E-state index contributed by atoms with van der Waals surface area (Å²) >= 11 is 0. The van der Waals surface area contributed by atoms with E-state index in [0.717, 1.165) is 29.8 Å². The first kappa shape index (κ1) is 17.5. The predicted octanol–water partition coefficient (Wildman–Crippen LogP) is 3.75. The van der Waals surface area contributed by atoms with E-state index in [0.29, 0.717) is 5.69 Å². The summed E-state index contributed by atoms with van der Waals surface area (Å²) in [6.07, 6.45) is 4.65. The number of amides is 1. The molecule has 7 heteroatoms. The zero-order chi connectivity index (χ0) is 19.2. The first-order chi connectivity index (χ1) is 12.8. The third-order valence-corrected chi connectivity index (χ3v) is 5.01. The maximum absolute atomic E-state index is 13.3. The molecule has 2 heterocycles. The van der Waals surface area contributed by atoms with Gasteiger partial charge in [0.1, 0.15) is 5.82 Å². The third kappa shape index (κ3) is 3.25. The number of oxazole rings is 1. The van der Waals surface area contributed by atoms with Gasteiger partial charge in [0, 0.05) is 5.56 Å². The summed E-state index contributed by atoms with van der Waals surface area (Å²) in [7, 11) is 0. The lowest BCUT2D eigenvalue weighted by Gasteiger charge is -2.35. The molecule has 0 aliphatic heterocycles. The second-order valence-corrected chi connectivity index (χ2v) is 7.77. The van der Waals surface area contributed by atoms with E-state index in [1.807, 2.05) is 4.68 Å².